The average molecular weight is 1020 g/mol. The number of fused-ring (bicyclic) bond motifs is 1. The Morgan fingerprint density at radius 1 is 0.778 bits per heavy atom. The molecule has 5 aliphatic rings. The van der Waals surface area contributed by atoms with Gasteiger partial charge >= 0.3 is 0 Å². The van der Waals surface area contributed by atoms with Crippen molar-refractivity contribution in [3.8, 4) is 12.1 Å². The fourth-order valence-electron chi connectivity index (χ4n) is 8.98. The van der Waals surface area contributed by atoms with Gasteiger partial charge in [0.15, 0.2) is 5.69 Å². The highest BCUT2D eigenvalue weighted by Crippen LogP contribution is 2.46. The monoisotopic (exact) mass is 1020 g/mol. The highest BCUT2D eigenvalue weighted by Gasteiger charge is 2.57. The first-order valence-corrected chi connectivity index (χ1v) is 26.0. The maximum absolute atomic E-state index is 13.5. The van der Waals surface area contributed by atoms with E-state index in [2.05, 4.69) is 35.7 Å². The van der Waals surface area contributed by atoms with E-state index in [1.165, 1.54) is 27.5 Å². The molecular formula is C48H51N13O9S2. The zero-order chi connectivity index (χ0) is 51.8. The van der Waals surface area contributed by atoms with Crippen LogP contribution in [0.4, 0.5) is 11.6 Å². The minimum atomic E-state index is -3.93. The van der Waals surface area contributed by atoms with E-state index in [4.69, 9.17) is 15.7 Å². The molecule has 5 amide bonds. The quantitative estimate of drug-likeness (QED) is 0.114. The van der Waals surface area contributed by atoms with Gasteiger partial charge in [-0.15, -0.1) is 0 Å². The number of carbonyl (C=O) groups excluding carboxylic acids is 5. The molecule has 9 rings (SSSR count). The van der Waals surface area contributed by atoms with Crippen LogP contribution in [0.3, 0.4) is 0 Å². The van der Waals surface area contributed by atoms with Gasteiger partial charge in [-0.05, 0) is 98.5 Å². The van der Waals surface area contributed by atoms with E-state index in [1.807, 2.05) is 12.1 Å². The number of primary sulfonamides is 1. The maximum Gasteiger partial charge on any atom is 0.272 e. The summed E-state index contributed by atoms with van der Waals surface area (Å²) < 4.78 is 52.2. The second-order valence-electron chi connectivity index (χ2n) is 18.4. The number of aromatic nitrogens is 3. The van der Waals surface area contributed by atoms with Crippen molar-refractivity contribution in [3.05, 3.63) is 117 Å². The van der Waals surface area contributed by atoms with E-state index in [0.717, 1.165) is 11.1 Å². The van der Waals surface area contributed by atoms with Gasteiger partial charge in [-0.25, -0.2) is 27.0 Å². The van der Waals surface area contributed by atoms with Crippen molar-refractivity contribution in [1.82, 2.24) is 35.2 Å². The number of aliphatic imine (C=N–C) groups is 1. The highest BCUT2D eigenvalue weighted by atomic mass is 32.2. The molecule has 0 bridgehead atoms. The third kappa shape index (κ3) is 10.5. The Morgan fingerprint density at radius 2 is 1.32 bits per heavy atom. The number of amides is 5. The van der Waals surface area contributed by atoms with Crippen LogP contribution in [-0.2, 0) is 61.0 Å². The number of sulfonamides is 2. The first kappa shape index (κ1) is 50.6. The molecule has 22 nitrogen and oxygen atoms in total. The van der Waals surface area contributed by atoms with Crippen molar-refractivity contribution < 1.29 is 40.8 Å². The van der Waals surface area contributed by atoms with E-state index in [9.17, 15) is 40.8 Å². The van der Waals surface area contributed by atoms with Gasteiger partial charge in [-0.1, -0.05) is 30.3 Å². The van der Waals surface area contributed by atoms with Crippen molar-refractivity contribution in [2.45, 2.75) is 81.0 Å². The number of nitrogens with zero attached hydrogens (tertiary/aromatic N) is 8. The van der Waals surface area contributed by atoms with Gasteiger partial charge in [0, 0.05) is 64.4 Å². The van der Waals surface area contributed by atoms with Crippen LogP contribution in [0.1, 0.15) is 94.7 Å². The van der Waals surface area contributed by atoms with Crippen LogP contribution in [0.5, 0.6) is 0 Å². The third-order valence-electron chi connectivity index (χ3n) is 13.3. The summed E-state index contributed by atoms with van der Waals surface area (Å²) in [4.78, 5) is 75.2. The average Bonchev–Trinajstić information content (AvgIpc) is 4.26. The van der Waals surface area contributed by atoms with Crippen LogP contribution in [0, 0.1) is 22.7 Å². The topological polar surface area (TPSA) is 325 Å². The number of nitrogens with two attached hydrogens (primary N) is 1. The molecule has 374 valence electrons. The van der Waals surface area contributed by atoms with Gasteiger partial charge in [-0.2, -0.15) is 15.6 Å². The molecule has 24 heteroatoms. The summed E-state index contributed by atoms with van der Waals surface area (Å²) in [5.41, 5.74) is 5.00. The summed E-state index contributed by atoms with van der Waals surface area (Å²) in [7, 11) is -6.08. The molecule has 2 saturated carbocycles. The molecule has 5 heterocycles. The van der Waals surface area contributed by atoms with E-state index >= 15 is 0 Å². The smallest absolute Gasteiger partial charge is 0.272 e. The second kappa shape index (κ2) is 19.8. The van der Waals surface area contributed by atoms with Gasteiger partial charge in [0.05, 0.1) is 29.3 Å². The van der Waals surface area contributed by atoms with E-state index in [0.29, 0.717) is 72.9 Å². The lowest BCUT2D eigenvalue weighted by molar-refractivity contribution is -0.128. The predicted octanol–water partition coefficient (Wildman–Crippen LogP) is 1.92. The number of hydrogen-bond acceptors (Lipinski definition) is 14. The normalized spacial score (nSPS) is 18.2. The fraction of sp³-hybridized carbons (Fsp3) is 0.375. The van der Waals surface area contributed by atoms with Crippen LogP contribution in [0.25, 0.3) is 0 Å². The van der Waals surface area contributed by atoms with Crippen LogP contribution in [0.2, 0.25) is 0 Å². The van der Waals surface area contributed by atoms with Gasteiger partial charge in [0.2, 0.25) is 26.0 Å². The minimum Gasteiger partial charge on any atom is -0.347 e. The molecule has 4 aromatic rings. The fourth-order valence-corrected chi connectivity index (χ4v) is 11.6. The largest absolute Gasteiger partial charge is 0.347 e. The number of nitrogens with one attached hydrogen (secondary N) is 4. The number of carbonyl (C=O) groups is 5. The van der Waals surface area contributed by atoms with Crippen molar-refractivity contribution in [2.24, 2.45) is 17.2 Å². The zero-order valence-electron chi connectivity index (χ0n) is 39.6. The first-order valence-electron chi connectivity index (χ1n) is 23.0. The molecule has 72 heavy (non-hydrogen) atoms. The van der Waals surface area contributed by atoms with Crippen LogP contribution in [0.15, 0.2) is 82.9 Å². The van der Waals surface area contributed by atoms with E-state index in [-0.39, 0.29) is 85.1 Å². The van der Waals surface area contributed by atoms with Gasteiger partial charge in [0.25, 0.3) is 23.6 Å². The molecule has 0 radical (unpaired) electrons. The molecule has 0 saturated heterocycles. The number of aryl methyl sites for hydroxylation is 1. The van der Waals surface area contributed by atoms with Crippen molar-refractivity contribution in [1.29, 1.82) is 10.5 Å². The molecule has 6 N–H and O–H groups in total. The SMILES string of the molecule is CC(=O)Nc1cccc(NS(=O)(=O)C2(CN3CCc4c(C(=O)NCc5ccc(C#N)cc5)nn(C)c4C3=O)CC2)n1.CC1N=C(C(=O)NCc2ccc(C#N)cc2)C2=C1C(=O)N(CC1(S(N)(=O)=O)CC1)CC2. The Morgan fingerprint density at radius 3 is 1.88 bits per heavy atom. The second-order valence-corrected chi connectivity index (χ2v) is 22.4. The van der Waals surface area contributed by atoms with Crippen LogP contribution < -0.4 is 25.8 Å². The van der Waals surface area contributed by atoms with Gasteiger partial charge < -0.3 is 25.8 Å². The van der Waals surface area contributed by atoms with E-state index in [1.54, 1.807) is 74.6 Å². The Hall–Kier alpha value is -7.80. The van der Waals surface area contributed by atoms with Gasteiger partial charge in [-0.3, -0.25) is 38.4 Å². The Labute approximate surface area is 415 Å². The van der Waals surface area contributed by atoms with Crippen LogP contribution in [-0.4, -0.2) is 118 Å². The summed E-state index contributed by atoms with van der Waals surface area (Å²) in [5.74, 6) is -1.49. The van der Waals surface area contributed by atoms with Crippen LogP contribution >= 0.6 is 0 Å². The Kier molecular flexibility index (Phi) is 13.9. The Balaban J connectivity index is 0.000000200. The van der Waals surface area contributed by atoms with Crippen molar-refractivity contribution >= 4 is 66.9 Å². The molecule has 1 unspecified atom stereocenters. The van der Waals surface area contributed by atoms with Crippen molar-refractivity contribution in [3.63, 3.8) is 0 Å². The lowest BCUT2D eigenvalue weighted by atomic mass is 9.94. The molecular weight excluding hydrogens is 967 g/mol. The number of hydrogen-bond donors (Lipinski definition) is 5. The standard InChI is InChI=1S/C27H28N8O5S.C21H23N5O4S/c1-17(36)30-21-4-3-5-22(31-21)33-41(39,40)27(11-12-27)16-35-13-10-20-23(32-34(2)24(20)26(35)38)25(37)29-15-19-8-6-18(14-28)7-9-19;1-13-17-16(6-9-26(20(17)28)12-21(7-8-21)31(23,29)30)18(25-13)19(27)24-11-15-4-2-14(10-22)3-5-15/h3-9H,10-13,15-16H2,1-2H3,(H,29,37)(H2,30,31,33,36);2-5,13H,6-9,11-12H2,1H3,(H,24,27)(H2,23,29,30). The molecule has 2 fully saturated rings. The number of nitriles is 2. The summed E-state index contributed by atoms with van der Waals surface area (Å²) >= 11 is 0. The summed E-state index contributed by atoms with van der Waals surface area (Å²) in [6.45, 7) is 4.21. The number of anilines is 2. The highest BCUT2D eigenvalue weighted by molar-refractivity contribution is 7.94. The summed E-state index contributed by atoms with van der Waals surface area (Å²) in [6, 6.07) is 22.0. The minimum absolute atomic E-state index is 0.0165. The number of benzene rings is 2. The molecule has 2 aromatic heterocycles. The number of rotatable bonds is 15. The predicted molar refractivity (Wildman–Crippen MR) is 261 cm³/mol. The summed E-state index contributed by atoms with van der Waals surface area (Å²) in [5, 5.41) is 35.6. The van der Waals surface area contributed by atoms with Crippen molar-refractivity contribution in [2.75, 3.05) is 36.2 Å². The molecule has 1 atom stereocenters. The first-order chi connectivity index (χ1) is 34.2. The molecule has 2 aliphatic carbocycles. The zero-order valence-corrected chi connectivity index (χ0v) is 41.2. The lowest BCUT2D eigenvalue weighted by Gasteiger charge is -2.31. The summed E-state index contributed by atoms with van der Waals surface area (Å²) in [6.07, 6.45) is 2.44. The van der Waals surface area contributed by atoms with Gasteiger partial charge in [0.1, 0.15) is 32.5 Å². The third-order valence-corrected chi connectivity index (χ3v) is 17.2. The number of pyridine rings is 1. The molecule has 3 aliphatic heterocycles. The van der Waals surface area contributed by atoms with E-state index < -0.39 is 41.5 Å². The molecule has 2 aromatic carbocycles. The lowest BCUT2D eigenvalue weighted by Crippen LogP contribution is -2.48. The Bertz CT molecular complexity index is 3270. The maximum atomic E-state index is 13.5. The molecule has 0 spiro atoms.